The van der Waals surface area contributed by atoms with E-state index in [1.165, 1.54) is 6.26 Å². The molecular weight excluding hydrogens is 518 g/mol. The first-order chi connectivity index (χ1) is 17.8. The van der Waals surface area contributed by atoms with E-state index in [4.69, 9.17) is 26.3 Å². The molecule has 0 saturated carbocycles. The van der Waals surface area contributed by atoms with Crippen LogP contribution in [0.15, 0.2) is 88.9 Å². The quantitative estimate of drug-likeness (QED) is 0.277. The third-order valence-electron chi connectivity index (χ3n) is 6.74. The lowest BCUT2D eigenvalue weighted by Gasteiger charge is -2.27. The van der Waals surface area contributed by atoms with Crippen molar-refractivity contribution in [3.8, 4) is 16.8 Å². The van der Waals surface area contributed by atoms with Crippen LogP contribution in [0.2, 0.25) is 5.02 Å². The van der Waals surface area contributed by atoms with Crippen LogP contribution in [0.1, 0.15) is 44.8 Å². The lowest BCUT2D eigenvalue weighted by molar-refractivity contribution is 0.279. The highest BCUT2D eigenvalue weighted by Crippen LogP contribution is 2.37. The van der Waals surface area contributed by atoms with E-state index < -0.39 is 15.3 Å². The number of aliphatic imine (C=N–C) groups is 1. The summed E-state index contributed by atoms with van der Waals surface area (Å²) in [6.07, 6.45) is 3.17. The van der Waals surface area contributed by atoms with E-state index in [-0.39, 0.29) is 5.54 Å². The normalized spacial score (nSPS) is 15.3. The van der Waals surface area contributed by atoms with Gasteiger partial charge in [0.15, 0.2) is 9.84 Å². The number of halogens is 1. The zero-order chi connectivity index (χ0) is 27.3. The van der Waals surface area contributed by atoms with Gasteiger partial charge in [0.05, 0.1) is 10.4 Å². The lowest BCUT2D eigenvalue weighted by Crippen LogP contribution is -2.24. The Bertz CT molecular complexity index is 1650. The van der Waals surface area contributed by atoms with Gasteiger partial charge in [-0.05, 0) is 74.7 Å². The van der Waals surface area contributed by atoms with Crippen molar-refractivity contribution in [1.82, 2.24) is 9.55 Å². The summed E-state index contributed by atoms with van der Waals surface area (Å²) in [6.45, 7) is 8.76. The van der Waals surface area contributed by atoms with Crippen LogP contribution < -0.4 is 0 Å². The van der Waals surface area contributed by atoms with Gasteiger partial charge in [-0.1, -0.05) is 54.1 Å². The van der Waals surface area contributed by atoms with Gasteiger partial charge in [-0.3, -0.25) is 0 Å². The van der Waals surface area contributed by atoms with Gasteiger partial charge in [-0.25, -0.2) is 18.4 Å². The molecule has 0 radical (unpaired) electrons. The van der Waals surface area contributed by atoms with E-state index in [0.717, 1.165) is 28.2 Å². The fourth-order valence-electron chi connectivity index (χ4n) is 4.65. The van der Waals surface area contributed by atoms with Crippen LogP contribution in [-0.4, -0.2) is 42.3 Å². The molecule has 0 fully saturated rings. The molecule has 5 rings (SSSR count). The maximum absolute atomic E-state index is 12.0. The highest BCUT2D eigenvalue weighted by Gasteiger charge is 2.34. The molecule has 0 spiro atoms. The average molecular weight is 548 g/mol. The molecule has 4 aromatic rings. The highest BCUT2D eigenvalue weighted by atomic mass is 35.5. The third kappa shape index (κ3) is 5.00. The molecule has 0 atom stereocenters. The van der Waals surface area contributed by atoms with Crippen LogP contribution >= 0.6 is 11.6 Å². The van der Waals surface area contributed by atoms with Gasteiger partial charge in [-0.2, -0.15) is 0 Å². The van der Waals surface area contributed by atoms with E-state index in [9.17, 15) is 8.42 Å². The molecule has 1 aliphatic rings. The van der Waals surface area contributed by atoms with Crippen molar-refractivity contribution in [2.45, 2.75) is 43.5 Å². The molecule has 0 bridgehead atoms. The maximum Gasteiger partial charge on any atom is 0.237 e. The molecule has 3 aromatic carbocycles. The molecule has 0 saturated heterocycles. The summed E-state index contributed by atoms with van der Waals surface area (Å²) in [5, 5.41) is 0.672. The molecule has 0 aliphatic carbocycles. The topological polar surface area (TPSA) is 73.5 Å². The molecule has 0 amide bonds. The molecule has 0 N–H and O–H groups in total. The Morgan fingerprint density at radius 3 is 2.32 bits per heavy atom. The van der Waals surface area contributed by atoms with Gasteiger partial charge in [0.1, 0.15) is 18.1 Å². The number of ether oxygens (including phenoxy) is 1. The van der Waals surface area contributed by atoms with E-state index in [1.807, 2.05) is 79.2 Å². The van der Waals surface area contributed by atoms with Crippen molar-refractivity contribution in [2.24, 2.45) is 4.99 Å². The van der Waals surface area contributed by atoms with Gasteiger partial charge in [0, 0.05) is 28.6 Å². The third-order valence-corrected chi connectivity index (χ3v) is 8.18. The highest BCUT2D eigenvalue weighted by molar-refractivity contribution is 7.90. The second kappa shape index (κ2) is 9.40. The first-order valence-corrected chi connectivity index (χ1v) is 14.6. The predicted molar refractivity (Wildman–Crippen MR) is 152 cm³/mol. The summed E-state index contributed by atoms with van der Waals surface area (Å²) >= 11 is 6.63. The fourth-order valence-corrected chi connectivity index (χ4v) is 5.68. The van der Waals surface area contributed by atoms with Crippen LogP contribution in [0.5, 0.6) is 0 Å². The standard InChI is InChI=1S/C30H30ClN3O3S/c1-29(2)19-37-27(33-29)26-18-34(28(32-26)30(3,4)24-11-6-7-12-25(24)31)22-15-13-20(14-16-22)21-9-8-10-23(17-21)38(5,35)36/h6-18H,19H2,1-5H3. The van der Waals surface area contributed by atoms with Crippen LogP contribution in [0.3, 0.4) is 0 Å². The van der Waals surface area contributed by atoms with Crippen LogP contribution in [0, 0.1) is 0 Å². The van der Waals surface area contributed by atoms with Crippen molar-refractivity contribution >= 4 is 27.3 Å². The zero-order valence-electron chi connectivity index (χ0n) is 22.1. The minimum absolute atomic E-state index is 0.294. The molecule has 6 nitrogen and oxygen atoms in total. The van der Waals surface area contributed by atoms with Crippen LogP contribution in [0.25, 0.3) is 16.8 Å². The molecule has 1 aliphatic heterocycles. The molecule has 1 aromatic heterocycles. The SMILES string of the molecule is CC1(C)COC(c2cn(-c3ccc(-c4cccc(S(C)(=O)=O)c4)cc3)c(C(C)(C)c3ccccc3Cl)n2)=N1. The second-order valence-corrected chi connectivity index (χ2v) is 13.2. The summed E-state index contributed by atoms with van der Waals surface area (Å²) in [5.74, 6) is 1.32. The molecule has 2 heterocycles. The van der Waals surface area contributed by atoms with Crippen LogP contribution in [0.4, 0.5) is 0 Å². The second-order valence-electron chi connectivity index (χ2n) is 10.8. The van der Waals surface area contributed by atoms with Crippen molar-refractivity contribution in [1.29, 1.82) is 0 Å². The Morgan fingerprint density at radius 1 is 0.974 bits per heavy atom. The van der Waals surface area contributed by atoms with E-state index in [1.54, 1.807) is 18.2 Å². The van der Waals surface area contributed by atoms with Gasteiger partial charge >= 0.3 is 0 Å². The largest absolute Gasteiger partial charge is 0.474 e. The average Bonchev–Trinajstić information content (AvgIpc) is 3.48. The first-order valence-electron chi connectivity index (χ1n) is 12.3. The summed E-state index contributed by atoms with van der Waals surface area (Å²) in [7, 11) is -3.30. The number of hydrogen-bond acceptors (Lipinski definition) is 5. The van der Waals surface area contributed by atoms with Crippen molar-refractivity contribution in [2.75, 3.05) is 12.9 Å². The monoisotopic (exact) mass is 547 g/mol. The van der Waals surface area contributed by atoms with E-state index in [0.29, 0.717) is 28.1 Å². The molecule has 38 heavy (non-hydrogen) atoms. The smallest absolute Gasteiger partial charge is 0.237 e. The number of benzene rings is 3. The number of imidazole rings is 1. The van der Waals surface area contributed by atoms with Crippen molar-refractivity contribution < 1.29 is 13.2 Å². The van der Waals surface area contributed by atoms with Crippen LogP contribution in [-0.2, 0) is 20.0 Å². The van der Waals surface area contributed by atoms with Crippen molar-refractivity contribution in [3.63, 3.8) is 0 Å². The minimum atomic E-state index is -3.30. The number of sulfone groups is 1. The number of hydrogen-bond donors (Lipinski definition) is 0. The summed E-state index contributed by atoms with van der Waals surface area (Å²) in [6, 6.07) is 22.7. The lowest BCUT2D eigenvalue weighted by atomic mass is 9.83. The van der Waals surface area contributed by atoms with Gasteiger partial charge in [0.25, 0.3) is 0 Å². The first kappa shape index (κ1) is 26.2. The molecular formula is C30H30ClN3O3S. The Hall–Kier alpha value is -3.42. The summed E-state index contributed by atoms with van der Waals surface area (Å²) < 4.78 is 32.0. The maximum atomic E-state index is 12.0. The number of rotatable bonds is 6. The minimum Gasteiger partial charge on any atom is -0.474 e. The van der Waals surface area contributed by atoms with Crippen molar-refractivity contribution in [3.05, 3.63) is 101 Å². The Morgan fingerprint density at radius 2 is 1.68 bits per heavy atom. The van der Waals surface area contributed by atoms with E-state index >= 15 is 0 Å². The number of aromatic nitrogens is 2. The fraction of sp³-hybridized carbons (Fsp3) is 0.267. The molecule has 0 unspecified atom stereocenters. The Balaban J connectivity index is 1.61. The summed E-state index contributed by atoms with van der Waals surface area (Å²) in [5.41, 5.74) is 3.43. The zero-order valence-corrected chi connectivity index (χ0v) is 23.6. The molecule has 8 heteroatoms. The van der Waals surface area contributed by atoms with Gasteiger partial charge in [0.2, 0.25) is 5.90 Å². The predicted octanol–water partition coefficient (Wildman–Crippen LogP) is 6.48. The van der Waals surface area contributed by atoms with Gasteiger partial charge < -0.3 is 9.30 Å². The Kier molecular flexibility index (Phi) is 6.48. The summed E-state index contributed by atoms with van der Waals surface area (Å²) in [4.78, 5) is 10.1. The van der Waals surface area contributed by atoms with Gasteiger partial charge in [-0.15, -0.1) is 0 Å². The Labute approximate surface area is 228 Å². The van der Waals surface area contributed by atoms with E-state index in [2.05, 4.69) is 13.8 Å². The number of nitrogens with zero attached hydrogens (tertiary/aromatic N) is 3. The molecule has 196 valence electrons.